The number of hydrogen-bond donors (Lipinski definition) is 1. The Balaban J connectivity index is 1.45. The zero-order chi connectivity index (χ0) is 19.8. The molecule has 1 N–H and O–H groups in total. The number of ketones is 1. The monoisotopic (exact) mass is 413 g/mol. The Hall–Kier alpha value is -2.71. The fourth-order valence-electron chi connectivity index (χ4n) is 2.34. The molecule has 1 amide bonds. The smallest absolute Gasteiger partial charge is 0.226 e. The third kappa shape index (κ3) is 5.90. The molecule has 0 spiro atoms. The Morgan fingerprint density at radius 3 is 2.68 bits per heavy atom. The van der Waals surface area contributed by atoms with Gasteiger partial charge in [0.1, 0.15) is 5.75 Å². The summed E-state index contributed by atoms with van der Waals surface area (Å²) in [5, 5.41) is 4.68. The van der Waals surface area contributed by atoms with Crippen molar-refractivity contribution < 1.29 is 14.3 Å². The lowest BCUT2D eigenvalue weighted by Gasteiger charge is -2.03. The predicted molar refractivity (Wildman–Crippen MR) is 110 cm³/mol. The van der Waals surface area contributed by atoms with Gasteiger partial charge in [0.25, 0.3) is 0 Å². The van der Waals surface area contributed by atoms with Crippen molar-refractivity contribution in [3.63, 3.8) is 0 Å². The number of aromatic nitrogens is 2. The highest BCUT2D eigenvalue weighted by Crippen LogP contribution is 2.24. The molecule has 28 heavy (non-hydrogen) atoms. The van der Waals surface area contributed by atoms with E-state index in [0.29, 0.717) is 23.6 Å². The molecule has 6 nitrogen and oxygen atoms in total. The van der Waals surface area contributed by atoms with Gasteiger partial charge in [0.05, 0.1) is 37.2 Å². The molecule has 3 aromatic rings. The van der Waals surface area contributed by atoms with Crippen LogP contribution < -0.4 is 10.1 Å². The first-order valence-corrected chi connectivity index (χ1v) is 10.4. The van der Waals surface area contributed by atoms with Gasteiger partial charge in [-0.3, -0.25) is 14.6 Å². The van der Waals surface area contributed by atoms with Gasteiger partial charge >= 0.3 is 0 Å². The van der Waals surface area contributed by atoms with E-state index < -0.39 is 0 Å². The molecule has 0 saturated carbocycles. The molecule has 2 aromatic heterocycles. The van der Waals surface area contributed by atoms with Crippen LogP contribution in [0.1, 0.15) is 21.7 Å². The Labute approximate surface area is 171 Å². The number of nitrogens with zero attached hydrogens (tertiary/aromatic N) is 2. The number of thiazole rings is 1. The largest absolute Gasteiger partial charge is 0.497 e. The Morgan fingerprint density at radius 1 is 1.14 bits per heavy atom. The predicted octanol–water partition coefficient (Wildman–Crippen LogP) is 3.38. The summed E-state index contributed by atoms with van der Waals surface area (Å²) >= 11 is 2.81. The van der Waals surface area contributed by atoms with Gasteiger partial charge in [0, 0.05) is 17.1 Å². The lowest BCUT2D eigenvalue weighted by Crippen LogP contribution is -2.25. The van der Waals surface area contributed by atoms with Crippen molar-refractivity contribution in [2.45, 2.75) is 17.3 Å². The molecule has 0 saturated heterocycles. The second-order valence-corrected chi connectivity index (χ2v) is 7.90. The van der Waals surface area contributed by atoms with E-state index in [-0.39, 0.29) is 18.1 Å². The van der Waals surface area contributed by atoms with Gasteiger partial charge in [0.15, 0.2) is 10.1 Å². The van der Waals surface area contributed by atoms with Crippen LogP contribution in [0.2, 0.25) is 0 Å². The molecule has 2 heterocycles. The number of nitrogens with one attached hydrogen (secondary N) is 1. The van der Waals surface area contributed by atoms with Crippen LogP contribution in [0.3, 0.4) is 0 Å². The van der Waals surface area contributed by atoms with Gasteiger partial charge in [0.2, 0.25) is 5.91 Å². The van der Waals surface area contributed by atoms with Crippen molar-refractivity contribution in [3.8, 4) is 5.75 Å². The first kappa shape index (κ1) is 20.0. The Bertz CT molecular complexity index is 927. The standard InChI is InChI=1S/C20H19N3O3S2/c1-26-17-7-5-14(6-8-17)18(24)13-28-20-23-16(12-27-20)10-19(25)22-11-15-4-2-3-9-21-15/h2-9,12H,10-11,13H2,1H3,(H,22,25). The highest BCUT2D eigenvalue weighted by atomic mass is 32.2. The fraction of sp³-hybridized carbons (Fsp3) is 0.200. The number of hydrogen-bond acceptors (Lipinski definition) is 7. The van der Waals surface area contributed by atoms with E-state index in [1.807, 2.05) is 23.6 Å². The summed E-state index contributed by atoms with van der Waals surface area (Å²) in [5.74, 6) is 0.930. The molecule has 0 aliphatic carbocycles. The first-order chi connectivity index (χ1) is 13.6. The van der Waals surface area contributed by atoms with Crippen LogP contribution >= 0.6 is 23.1 Å². The second kappa shape index (κ2) is 10.0. The molecular formula is C20H19N3O3S2. The summed E-state index contributed by atoms with van der Waals surface area (Å²) in [4.78, 5) is 32.9. The third-order valence-electron chi connectivity index (χ3n) is 3.80. The van der Waals surface area contributed by atoms with Crippen molar-refractivity contribution in [2.24, 2.45) is 0 Å². The molecule has 0 fully saturated rings. The number of amides is 1. The minimum absolute atomic E-state index is 0.0255. The van der Waals surface area contributed by atoms with Crippen LogP contribution in [0.4, 0.5) is 0 Å². The minimum Gasteiger partial charge on any atom is -0.497 e. The van der Waals surface area contributed by atoms with Gasteiger partial charge < -0.3 is 10.1 Å². The maximum absolute atomic E-state index is 12.3. The highest BCUT2D eigenvalue weighted by molar-refractivity contribution is 8.01. The first-order valence-electron chi connectivity index (χ1n) is 8.55. The molecule has 0 atom stereocenters. The summed E-state index contributed by atoms with van der Waals surface area (Å²) in [6.45, 7) is 0.391. The van der Waals surface area contributed by atoms with Crippen molar-refractivity contribution >= 4 is 34.8 Å². The number of carbonyl (C=O) groups is 2. The number of thioether (sulfide) groups is 1. The van der Waals surface area contributed by atoms with Crippen LogP contribution in [-0.4, -0.2) is 34.5 Å². The fourth-order valence-corrected chi connectivity index (χ4v) is 4.08. The zero-order valence-electron chi connectivity index (χ0n) is 15.3. The zero-order valence-corrected chi connectivity index (χ0v) is 16.9. The lowest BCUT2D eigenvalue weighted by molar-refractivity contribution is -0.120. The molecule has 0 aliphatic rings. The lowest BCUT2D eigenvalue weighted by atomic mass is 10.1. The van der Waals surface area contributed by atoms with E-state index in [1.165, 1.54) is 23.1 Å². The number of rotatable bonds is 9. The highest BCUT2D eigenvalue weighted by Gasteiger charge is 2.11. The second-order valence-electron chi connectivity index (χ2n) is 5.82. The van der Waals surface area contributed by atoms with Crippen molar-refractivity contribution in [1.82, 2.24) is 15.3 Å². The quantitative estimate of drug-likeness (QED) is 0.428. The molecule has 1 aromatic carbocycles. The van der Waals surface area contributed by atoms with Gasteiger partial charge in [-0.15, -0.1) is 11.3 Å². The van der Waals surface area contributed by atoms with Crippen molar-refractivity contribution in [2.75, 3.05) is 12.9 Å². The summed E-state index contributed by atoms with van der Waals surface area (Å²) in [7, 11) is 1.59. The molecular weight excluding hydrogens is 394 g/mol. The van der Waals surface area contributed by atoms with Crippen LogP contribution in [0.5, 0.6) is 5.75 Å². The van der Waals surface area contributed by atoms with E-state index in [4.69, 9.17) is 4.74 Å². The normalized spacial score (nSPS) is 10.5. The maximum Gasteiger partial charge on any atom is 0.226 e. The summed E-state index contributed by atoms with van der Waals surface area (Å²) in [6.07, 6.45) is 1.90. The van der Waals surface area contributed by atoms with E-state index in [9.17, 15) is 9.59 Å². The summed E-state index contributed by atoms with van der Waals surface area (Å²) in [6, 6.07) is 12.6. The van der Waals surface area contributed by atoms with E-state index in [1.54, 1.807) is 37.6 Å². The van der Waals surface area contributed by atoms with Gasteiger partial charge in [-0.05, 0) is 36.4 Å². The van der Waals surface area contributed by atoms with Crippen molar-refractivity contribution in [3.05, 3.63) is 71.0 Å². The van der Waals surface area contributed by atoms with Crippen LogP contribution in [0.25, 0.3) is 0 Å². The Kier molecular flexibility index (Phi) is 7.16. The molecule has 0 radical (unpaired) electrons. The number of methoxy groups -OCH3 is 1. The van der Waals surface area contributed by atoms with Crippen LogP contribution in [-0.2, 0) is 17.8 Å². The third-order valence-corrected chi connectivity index (χ3v) is 5.87. The van der Waals surface area contributed by atoms with Crippen LogP contribution in [0, 0.1) is 0 Å². The Morgan fingerprint density at radius 2 is 1.96 bits per heavy atom. The van der Waals surface area contributed by atoms with E-state index in [2.05, 4.69) is 15.3 Å². The molecule has 0 aliphatic heterocycles. The summed E-state index contributed by atoms with van der Waals surface area (Å²) < 4.78 is 5.87. The number of pyridine rings is 1. The average Bonchev–Trinajstić information content (AvgIpc) is 3.18. The van der Waals surface area contributed by atoms with Gasteiger partial charge in [-0.1, -0.05) is 17.8 Å². The molecule has 0 unspecified atom stereocenters. The molecule has 3 rings (SSSR count). The number of Topliss-reactive ketones (excluding diaryl/α,β-unsaturated/α-hetero) is 1. The molecule has 144 valence electrons. The molecule has 0 bridgehead atoms. The molecule has 8 heteroatoms. The van der Waals surface area contributed by atoms with Gasteiger partial charge in [-0.2, -0.15) is 0 Å². The van der Waals surface area contributed by atoms with E-state index in [0.717, 1.165) is 15.8 Å². The van der Waals surface area contributed by atoms with E-state index >= 15 is 0 Å². The SMILES string of the molecule is COc1ccc(C(=O)CSc2nc(CC(=O)NCc3ccccn3)cs2)cc1. The maximum atomic E-state index is 12.3. The number of ether oxygens (including phenoxy) is 1. The van der Waals surface area contributed by atoms with Gasteiger partial charge in [-0.25, -0.2) is 4.98 Å². The average molecular weight is 414 g/mol. The number of carbonyl (C=O) groups excluding carboxylic acids is 2. The van der Waals surface area contributed by atoms with Crippen LogP contribution in [0.15, 0.2) is 58.4 Å². The topological polar surface area (TPSA) is 81.2 Å². The van der Waals surface area contributed by atoms with Crippen molar-refractivity contribution in [1.29, 1.82) is 0 Å². The number of benzene rings is 1. The summed E-state index contributed by atoms with van der Waals surface area (Å²) in [5.41, 5.74) is 2.14. The minimum atomic E-state index is -0.109.